The van der Waals surface area contributed by atoms with E-state index in [1.165, 1.54) is 61.2 Å². The fourth-order valence-corrected chi connectivity index (χ4v) is 7.08. The molecule has 0 amide bonds. The number of aliphatic hydroxyl groups excluding tert-OH is 1. The summed E-state index contributed by atoms with van der Waals surface area (Å²) < 4.78 is 4.24. The lowest BCUT2D eigenvalue weighted by Gasteiger charge is -2.54. The Kier molecular flexibility index (Phi) is 5.45. The lowest BCUT2D eigenvalue weighted by molar-refractivity contribution is -0.000459. The van der Waals surface area contributed by atoms with E-state index in [1.54, 1.807) is 0 Å². The average molecular weight is 478 g/mol. The lowest BCUT2D eigenvalue weighted by Crippen LogP contribution is -2.58. The SMILES string of the molecule is Cc1cc(N2CCc3c(c(C)nn3CC34CCC(NC(C)CO)(CC3)CC4)C2)c2cnn(C)c2n1. The Morgan fingerprint density at radius 1 is 1.14 bits per heavy atom. The van der Waals surface area contributed by atoms with E-state index in [2.05, 4.69) is 46.8 Å². The zero-order valence-electron chi connectivity index (χ0n) is 21.6. The third kappa shape index (κ3) is 3.85. The molecular weight excluding hydrogens is 438 g/mol. The van der Waals surface area contributed by atoms with Gasteiger partial charge in [-0.05, 0) is 70.8 Å². The van der Waals surface area contributed by atoms with Gasteiger partial charge in [0.15, 0.2) is 5.65 Å². The molecule has 1 unspecified atom stereocenters. The highest BCUT2D eigenvalue weighted by Crippen LogP contribution is 2.53. The third-order valence-electron chi connectivity index (χ3n) is 9.20. The first-order chi connectivity index (χ1) is 16.8. The van der Waals surface area contributed by atoms with Crippen molar-refractivity contribution in [2.24, 2.45) is 12.5 Å². The molecule has 0 radical (unpaired) electrons. The van der Waals surface area contributed by atoms with Gasteiger partial charge in [-0.3, -0.25) is 9.36 Å². The van der Waals surface area contributed by atoms with Crippen LogP contribution in [-0.2, 0) is 26.6 Å². The summed E-state index contributed by atoms with van der Waals surface area (Å²) in [5, 5.41) is 24.0. The molecule has 35 heavy (non-hydrogen) atoms. The van der Waals surface area contributed by atoms with Gasteiger partial charge in [-0.25, -0.2) is 4.98 Å². The normalized spacial score (nSPS) is 26.9. The first kappa shape index (κ1) is 23.0. The van der Waals surface area contributed by atoms with Crippen molar-refractivity contribution in [2.75, 3.05) is 18.1 Å². The van der Waals surface area contributed by atoms with Crippen LogP contribution in [0.2, 0.25) is 0 Å². The highest BCUT2D eigenvalue weighted by molar-refractivity contribution is 5.89. The fraction of sp³-hybridized carbons (Fsp3) is 0.667. The van der Waals surface area contributed by atoms with E-state index in [4.69, 9.17) is 10.1 Å². The summed E-state index contributed by atoms with van der Waals surface area (Å²) >= 11 is 0. The number of pyridine rings is 1. The second-order valence-electron chi connectivity index (χ2n) is 11.6. The van der Waals surface area contributed by atoms with Gasteiger partial charge in [-0.2, -0.15) is 10.2 Å². The van der Waals surface area contributed by atoms with Crippen LogP contribution in [0.1, 0.15) is 68.1 Å². The molecule has 0 spiro atoms. The van der Waals surface area contributed by atoms with Gasteiger partial charge >= 0.3 is 0 Å². The minimum absolute atomic E-state index is 0.182. The molecule has 8 nitrogen and oxygen atoms in total. The quantitative estimate of drug-likeness (QED) is 0.566. The minimum atomic E-state index is 0.182. The number of nitrogens with zero attached hydrogens (tertiary/aromatic N) is 6. The van der Waals surface area contributed by atoms with Gasteiger partial charge in [0, 0.05) is 61.6 Å². The van der Waals surface area contributed by atoms with Crippen molar-refractivity contribution < 1.29 is 5.11 Å². The van der Waals surface area contributed by atoms with Crippen molar-refractivity contribution in [3.63, 3.8) is 0 Å². The third-order valence-corrected chi connectivity index (χ3v) is 9.20. The predicted molar refractivity (Wildman–Crippen MR) is 138 cm³/mol. The Balaban J connectivity index is 1.22. The number of hydrogen-bond acceptors (Lipinski definition) is 6. The Labute approximate surface area is 207 Å². The van der Waals surface area contributed by atoms with E-state index in [9.17, 15) is 5.11 Å². The van der Waals surface area contributed by atoms with Crippen LogP contribution in [-0.4, -0.2) is 54.4 Å². The number of nitrogens with one attached hydrogen (secondary N) is 1. The van der Waals surface area contributed by atoms with E-state index in [-0.39, 0.29) is 18.2 Å². The Hall–Kier alpha value is -2.45. The molecule has 3 saturated carbocycles. The van der Waals surface area contributed by atoms with Crippen LogP contribution in [0.4, 0.5) is 5.69 Å². The van der Waals surface area contributed by atoms with Gasteiger partial charge in [0.25, 0.3) is 0 Å². The van der Waals surface area contributed by atoms with Crippen LogP contribution < -0.4 is 10.2 Å². The maximum atomic E-state index is 9.52. The van der Waals surface area contributed by atoms with Gasteiger partial charge < -0.3 is 15.3 Å². The van der Waals surface area contributed by atoms with Gasteiger partial charge in [0.05, 0.1) is 29.6 Å². The number of aromatic nitrogens is 5. The maximum absolute atomic E-state index is 9.52. The van der Waals surface area contributed by atoms with Crippen LogP contribution in [0.3, 0.4) is 0 Å². The van der Waals surface area contributed by atoms with Gasteiger partial charge in [-0.15, -0.1) is 0 Å². The number of aryl methyl sites for hydroxylation is 3. The molecule has 1 aliphatic heterocycles. The molecule has 2 bridgehead atoms. The van der Waals surface area contributed by atoms with Crippen molar-refractivity contribution in [3.05, 3.63) is 34.9 Å². The molecule has 1 atom stereocenters. The molecular formula is C27H39N7O. The van der Waals surface area contributed by atoms with Crippen LogP contribution in [0.15, 0.2) is 12.3 Å². The molecule has 3 aliphatic carbocycles. The number of rotatable bonds is 6. The Bertz CT molecular complexity index is 1230. The molecule has 0 saturated heterocycles. The lowest BCUT2D eigenvalue weighted by atomic mass is 9.57. The standard InChI is InChI=1S/C27H39N7O/c1-18-13-24(21-14-28-32(4)25(21)29-18)33-12-5-23-22(15-33)20(3)31-34(23)17-26-6-9-27(10-7-26,11-8-26)30-19(2)16-35/h13-14,19,30,35H,5-12,15-17H2,1-4H3. The number of aliphatic hydroxyl groups is 1. The summed E-state index contributed by atoms with van der Waals surface area (Å²) in [5.74, 6) is 0. The van der Waals surface area contributed by atoms with Gasteiger partial charge in [0.1, 0.15) is 0 Å². The summed E-state index contributed by atoms with van der Waals surface area (Å²) in [5.41, 5.74) is 7.84. The smallest absolute Gasteiger partial charge is 0.159 e. The molecule has 8 heteroatoms. The monoisotopic (exact) mass is 477 g/mol. The second-order valence-corrected chi connectivity index (χ2v) is 11.6. The van der Waals surface area contributed by atoms with Crippen molar-refractivity contribution in [3.8, 4) is 0 Å². The predicted octanol–water partition coefficient (Wildman–Crippen LogP) is 3.41. The first-order valence-electron chi connectivity index (χ1n) is 13.3. The van der Waals surface area contributed by atoms with Crippen LogP contribution >= 0.6 is 0 Å². The van der Waals surface area contributed by atoms with Gasteiger partial charge in [-0.1, -0.05) is 0 Å². The molecule has 188 valence electrons. The topological polar surface area (TPSA) is 84.0 Å². The van der Waals surface area contributed by atoms with Crippen molar-refractivity contribution in [2.45, 2.75) is 90.4 Å². The van der Waals surface area contributed by atoms with E-state index in [0.717, 1.165) is 42.8 Å². The van der Waals surface area contributed by atoms with Crippen molar-refractivity contribution in [1.82, 2.24) is 29.9 Å². The minimum Gasteiger partial charge on any atom is -0.395 e. The maximum Gasteiger partial charge on any atom is 0.159 e. The summed E-state index contributed by atoms with van der Waals surface area (Å²) in [7, 11) is 1.96. The molecule has 4 aliphatic rings. The number of anilines is 1. The zero-order chi connectivity index (χ0) is 24.4. The summed E-state index contributed by atoms with van der Waals surface area (Å²) in [6.45, 7) is 9.50. The molecule has 2 N–H and O–H groups in total. The highest BCUT2D eigenvalue weighted by atomic mass is 16.3. The molecule has 3 fully saturated rings. The van der Waals surface area contributed by atoms with Crippen molar-refractivity contribution >= 4 is 16.7 Å². The van der Waals surface area contributed by atoms with E-state index < -0.39 is 0 Å². The van der Waals surface area contributed by atoms with Crippen LogP contribution in [0.25, 0.3) is 11.0 Å². The Morgan fingerprint density at radius 2 is 1.89 bits per heavy atom. The van der Waals surface area contributed by atoms with E-state index >= 15 is 0 Å². The molecule has 3 aromatic heterocycles. The second kappa shape index (κ2) is 8.30. The number of fused-ring (bicyclic) bond motifs is 5. The molecule has 7 rings (SSSR count). The first-order valence-corrected chi connectivity index (χ1v) is 13.3. The summed E-state index contributed by atoms with van der Waals surface area (Å²) in [4.78, 5) is 7.20. The van der Waals surface area contributed by atoms with Crippen LogP contribution in [0, 0.1) is 19.3 Å². The summed E-state index contributed by atoms with van der Waals surface area (Å²) in [6, 6.07) is 2.39. The molecule has 3 aromatic rings. The Morgan fingerprint density at radius 3 is 2.60 bits per heavy atom. The fourth-order valence-electron chi connectivity index (χ4n) is 7.08. The molecule has 0 aromatic carbocycles. The molecule has 4 heterocycles. The number of hydrogen-bond donors (Lipinski definition) is 2. The van der Waals surface area contributed by atoms with E-state index in [0.29, 0.717) is 5.41 Å². The van der Waals surface area contributed by atoms with Gasteiger partial charge in [0.2, 0.25) is 0 Å². The van der Waals surface area contributed by atoms with Crippen LogP contribution in [0.5, 0.6) is 0 Å². The highest BCUT2D eigenvalue weighted by Gasteiger charge is 2.49. The zero-order valence-corrected chi connectivity index (χ0v) is 21.6. The van der Waals surface area contributed by atoms with Crippen molar-refractivity contribution in [1.29, 1.82) is 0 Å². The largest absolute Gasteiger partial charge is 0.395 e. The summed E-state index contributed by atoms with van der Waals surface area (Å²) in [6.07, 6.45) is 10.4. The van der Waals surface area contributed by atoms with E-state index in [1.807, 2.05) is 17.9 Å². The average Bonchev–Trinajstić information content (AvgIpc) is 3.38.